The molecule has 0 aliphatic rings. The first-order chi connectivity index (χ1) is 13.2. The van der Waals surface area contributed by atoms with E-state index in [1.165, 1.54) is 18.2 Å². The quantitative estimate of drug-likeness (QED) is 0.618. The Balaban J connectivity index is 1.79. The first-order valence-electron chi connectivity index (χ1n) is 8.21. The van der Waals surface area contributed by atoms with Crippen molar-refractivity contribution in [2.24, 2.45) is 0 Å². The number of alkyl halides is 3. The highest BCUT2D eigenvalue weighted by atomic mass is 32.2. The highest BCUT2D eigenvalue weighted by molar-refractivity contribution is 7.89. The lowest BCUT2D eigenvalue weighted by Crippen LogP contribution is -2.27. The molecule has 0 aliphatic carbocycles. The lowest BCUT2D eigenvalue weighted by molar-refractivity contribution is -0.139. The van der Waals surface area contributed by atoms with Crippen LogP contribution in [0.1, 0.15) is 16.8 Å². The molecule has 0 saturated carbocycles. The third-order valence-corrected chi connectivity index (χ3v) is 5.55. The number of halogens is 4. The van der Waals surface area contributed by atoms with Gasteiger partial charge in [0.1, 0.15) is 5.82 Å². The standard InChI is InChI=1S/C19H16F4N2O2S/c20-15-6-3-5-14(11-15)13-25-10-4-7-16(25)12-24-28(26,27)18-9-2-1-8-17(18)19(21,22)23/h1-11,24H,12-13H2. The van der Waals surface area contributed by atoms with Crippen LogP contribution >= 0.6 is 0 Å². The maximum atomic E-state index is 13.3. The maximum absolute atomic E-state index is 13.3. The second-order valence-corrected chi connectivity index (χ2v) is 7.81. The Morgan fingerprint density at radius 2 is 1.71 bits per heavy atom. The number of aromatic nitrogens is 1. The van der Waals surface area contributed by atoms with Gasteiger partial charge in [-0.05, 0) is 42.0 Å². The van der Waals surface area contributed by atoms with Gasteiger partial charge < -0.3 is 4.57 Å². The van der Waals surface area contributed by atoms with Crippen LogP contribution in [0.3, 0.4) is 0 Å². The molecule has 0 unspecified atom stereocenters. The van der Waals surface area contributed by atoms with E-state index in [4.69, 9.17) is 0 Å². The minimum Gasteiger partial charge on any atom is -0.346 e. The van der Waals surface area contributed by atoms with Gasteiger partial charge in [-0.1, -0.05) is 24.3 Å². The van der Waals surface area contributed by atoms with Crippen molar-refractivity contribution >= 4 is 10.0 Å². The van der Waals surface area contributed by atoms with Gasteiger partial charge in [-0.25, -0.2) is 17.5 Å². The van der Waals surface area contributed by atoms with E-state index < -0.39 is 32.5 Å². The van der Waals surface area contributed by atoms with Crippen LogP contribution in [-0.4, -0.2) is 13.0 Å². The highest BCUT2D eigenvalue weighted by Gasteiger charge is 2.36. The second-order valence-electron chi connectivity index (χ2n) is 6.08. The average molecular weight is 412 g/mol. The summed E-state index contributed by atoms with van der Waals surface area (Å²) in [6.45, 7) is 0.0812. The third-order valence-electron chi connectivity index (χ3n) is 4.09. The summed E-state index contributed by atoms with van der Waals surface area (Å²) in [6, 6.07) is 13.3. The molecule has 1 heterocycles. The topological polar surface area (TPSA) is 51.1 Å². The molecule has 0 aliphatic heterocycles. The zero-order valence-corrected chi connectivity index (χ0v) is 15.3. The third kappa shape index (κ3) is 4.60. The molecule has 0 radical (unpaired) electrons. The molecule has 3 rings (SSSR count). The Kier molecular flexibility index (Phi) is 5.57. The summed E-state index contributed by atoms with van der Waals surface area (Å²) in [5.74, 6) is -0.393. The predicted molar refractivity (Wildman–Crippen MR) is 95.4 cm³/mol. The Bertz CT molecular complexity index is 1080. The number of nitrogens with one attached hydrogen (secondary N) is 1. The van der Waals surface area contributed by atoms with Crippen LogP contribution in [-0.2, 0) is 29.3 Å². The Hall–Kier alpha value is -2.65. The van der Waals surface area contributed by atoms with E-state index in [1.807, 2.05) is 0 Å². The van der Waals surface area contributed by atoms with Crippen LogP contribution in [0.25, 0.3) is 0 Å². The van der Waals surface area contributed by atoms with Gasteiger partial charge in [0.25, 0.3) is 0 Å². The number of benzene rings is 2. The fourth-order valence-electron chi connectivity index (χ4n) is 2.78. The Morgan fingerprint density at radius 1 is 0.964 bits per heavy atom. The first kappa shape index (κ1) is 20.1. The van der Waals surface area contributed by atoms with Crippen molar-refractivity contribution in [3.63, 3.8) is 0 Å². The van der Waals surface area contributed by atoms with Crippen molar-refractivity contribution in [1.29, 1.82) is 0 Å². The van der Waals surface area contributed by atoms with E-state index in [-0.39, 0.29) is 6.54 Å². The largest absolute Gasteiger partial charge is 0.417 e. The number of hydrogen-bond donors (Lipinski definition) is 1. The molecular weight excluding hydrogens is 396 g/mol. The summed E-state index contributed by atoms with van der Waals surface area (Å²) in [5, 5.41) is 0. The monoisotopic (exact) mass is 412 g/mol. The highest BCUT2D eigenvalue weighted by Crippen LogP contribution is 2.33. The van der Waals surface area contributed by atoms with E-state index >= 15 is 0 Å². The molecule has 1 N–H and O–H groups in total. The molecule has 148 valence electrons. The molecule has 0 saturated heterocycles. The maximum Gasteiger partial charge on any atom is 0.417 e. The average Bonchev–Trinajstić information content (AvgIpc) is 3.06. The molecule has 0 spiro atoms. The molecule has 28 heavy (non-hydrogen) atoms. The molecule has 2 aromatic carbocycles. The van der Waals surface area contributed by atoms with Crippen LogP contribution in [0, 0.1) is 5.82 Å². The summed E-state index contributed by atoms with van der Waals surface area (Å²) in [5.41, 5.74) is -0.0299. The molecule has 3 aromatic rings. The fraction of sp³-hybridized carbons (Fsp3) is 0.158. The van der Waals surface area contributed by atoms with E-state index in [0.29, 0.717) is 17.8 Å². The lowest BCUT2D eigenvalue weighted by Gasteiger charge is -2.14. The van der Waals surface area contributed by atoms with Crippen LogP contribution < -0.4 is 4.72 Å². The molecule has 0 amide bonds. The normalized spacial score (nSPS) is 12.3. The van der Waals surface area contributed by atoms with Crippen molar-refractivity contribution in [3.8, 4) is 0 Å². The van der Waals surface area contributed by atoms with Gasteiger partial charge in [0.15, 0.2) is 0 Å². The Morgan fingerprint density at radius 3 is 2.43 bits per heavy atom. The Labute approximate surface area is 159 Å². The van der Waals surface area contributed by atoms with Crippen molar-refractivity contribution in [3.05, 3.63) is 89.5 Å². The van der Waals surface area contributed by atoms with E-state index in [9.17, 15) is 26.0 Å². The van der Waals surface area contributed by atoms with E-state index in [0.717, 1.165) is 18.2 Å². The van der Waals surface area contributed by atoms with E-state index in [1.54, 1.807) is 35.0 Å². The molecule has 0 bridgehead atoms. The minimum absolute atomic E-state index is 0.211. The molecule has 1 aromatic heterocycles. The van der Waals surface area contributed by atoms with Gasteiger partial charge in [0.2, 0.25) is 10.0 Å². The SMILES string of the molecule is O=S(=O)(NCc1cccn1Cc1cccc(F)c1)c1ccccc1C(F)(F)F. The van der Waals surface area contributed by atoms with Crippen molar-refractivity contribution < 1.29 is 26.0 Å². The number of nitrogens with zero attached hydrogens (tertiary/aromatic N) is 1. The number of hydrogen-bond acceptors (Lipinski definition) is 2. The zero-order chi connectivity index (χ0) is 20.4. The number of sulfonamides is 1. The fourth-order valence-corrected chi connectivity index (χ4v) is 4.00. The van der Waals surface area contributed by atoms with Crippen molar-refractivity contribution in [2.75, 3.05) is 0 Å². The van der Waals surface area contributed by atoms with Gasteiger partial charge in [0.05, 0.1) is 17.0 Å². The van der Waals surface area contributed by atoms with E-state index in [2.05, 4.69) is 4.72 Å². The van der Waals surface area contributed by atoms with Crippen LogP contribution in [0.2, 0.25) is 0 Å². The lowest BCUT2D eigenvalue weighted by atomic mass is 10.2. The molecular formula is C19H16F4N2O2S. The van der Waals surface area contributed by atoms with Gasteiger partial charge >= 0.3 is 6.18 Å². The summed E-state index contributed by atoms with van der Waals surface area (Å²) < 4.78 is 81.4. The molecule has 4 nitrogen and oxygen atoms in total. The minimum atomic E-state index is -4.79. The summed E-state index contributed by atoms with van der Waals surface area (Å²) in [6.07, 6.45) is -3.11. The first-order valence-corrected chi connectivity index (χ1v) is 9.69. The van der Waals surface area contributed by atoms with Gasteiger partial charge in [-0.3, -0.25) is 0 Å². The predicted octanol–water partition coefficient (Wildman–Crippen LogP) is 4.17. The summed E-state index contributed by atoms with van der Waals surface area (Å²) in [4.78, 5) is -0.828. The van der Waals surface area contributed by atoms with Crippen LogP contribution in [0.15, 0.2) is 71.8 Å². The molecule has 0 fully saturated rings. The smallest absolute Gasteiger partial charge is 0.346 e. The van der Waals surface area contributed by atoms with Gasteiger partial charge in [-0.2, -0.15) is 13.2 Å². The number of rotatable bonds is 6. The molecule has 9 heteroatoms. The van der Waals surface area contributed by atoms with Gasteiger partial charge in [0, 0.05) is 18.4 Å². The summed E-state index contributed by atoms with van der Waals surface area (Å²) >= 11 is 0. The van der Waals surface area contributed by atoms with Crippen LogP contribution in [0.4, 0.5) is 17.6 Å². The van der Waals surface area contributed by atoms with Crippen LogP contribution in [0.5, 0.6) is 0 Å². The summed E-state index contributed by atoms with van der Waals surface area (Å²) in [7, 11) is -4.39. The molecule has 0 atom stereocenters. The second kappa shape index (κ2) is 7.76. The van der Waals surface area contributed by atoms with Gasteiger partial charge in [-0.15, -0.1) is 0 Å². The van der Waals surface area contributed by atoms with Crippen molar-refractivity contribution in [2.45, 2.75) is 24.2 Å². The van der Waals surface area contributed by atoms with Crippen molar-refractivity contribution in [1.82, 2.24) is 9.29 Å². The zero-order valence-electron chi connectivity index (χ0n) is 14.4.